The number of halogens is 1. The fourth-order valence-corrected chi connectivity index (χ4v) is 0.506. The van der Waals surface area contributed by atoms with Gasteiger partial charge in [-0.05, 0) is 0 Å². The van der Waals surface area contributed by atoms with Gasteiger partial charge in [-0.3, -0.25) is 4.79 Å². The molecule has 5 heteroatoms. The number of rotatable bonds is 2. The normalized spacial score (nSPS) is 14.5. The molecule has 0 spiro atoms. The molecule has 0 aliphatic carbocycles. The molecule has 0 aromatic heterocycles. The zero-order chi connectivity index (χ0) is 8.36. The molecule has 0 saturated heterocycles. The first-order valence-electron chi connectivity index (χ1n) is 3.10. The average Bonchev–Trinajstić information content (AvgIpc) is 1.83. The third-order valence-electron chi connectivity index (χ3n) is 1.30. The van der Waals surface area contributed by atoms with Crippen LogP contribution in [-0.4, -0.2) is 45.6 Å². The van der Waals surface area contributed by atoms with E-state index in [9.17, 15) is 9.11 Å². The van der Waals surface area contributed by atoms with Crippen LogP contribution in [0.1, 0.15) is 0 Å². The predicted molar refractivity (Wildman–Crippen MR) is 38.7 cm³/mol. The van der Waals surface area contributed by atoms with E-state index in [1.54, 1.807) is 21.1 Å². The van der Waals surface area contributed by atoms with Gasteiger partial charge in [0, 0.05) is 21.1 Å². The maximum Gasteiger partial charge on any atom is 0.459 e. The SMILES string of the molecule is COC(=O)[BH-](F)[N+](C)(C)C. The lowest BCUT2D eigenvalue weighted by molar-refractivity contribution is -0.765. The van der Waals surface area contributed by atoms with Crippen LogP contribution in [0.5, 0.6) is 0 Å². The van der Waals surface area contributed by atoms with E-state index >= 15 is 0 Å². The van der Waals surface area contributed by atoms with Crippen LogP contribution in [0.3, 0.4) is 0 Å². The standard InChI is InChI=1S/C5H13BFNO2/c1-8(2,3)6(7)5(9)10-4/h6H,1-4H3. The number of ether oxygens (including phenoxy) is 1. The van der Waals surface area contributed by atoms with E-state index in [0.29, 0.717) is 0 Å². The quantitative estimate of drug-likeness (QED) is 0.525. The van der Waals surface area contributed by atoms with Crippen LogP contribution in [0.25, 0.3) is 0 Å². The molecule has 1 unspecified atom stereocenters. The summed E-state index contributed by atoms with van der Waals surface area (Å²) in [5.41, 5.74) is 0. The van der Waals surface area contributed by atoms with Crippen LogP contribution < -0.4 is 0 Å². The van der Waals surface area contributed by atoms with Crippen LogP contribution in [-0.2, 0) is 4.74 Å². The Kier molecular flexibility index (Phi) is 2.84. The average molecular weight is 149 g/mol. The molecule has 1 atom stereocenters. The van der Waals surface area contributed by atoms with Crippen molar-refractivity contribution in [3.05, 3.63) is 0 Å². The van der Waals surface area contributed by atoms with Crippen molar-refractivity contribution < 1.29 is 18.2 Å². The second kappa shape index (κ2) is 3.01. The molecule has 0 aliphatic heterocycles. The summed E-state index contributed by atoms with van der Waals surface area (Å²) in [6, 6.07) is 0. The lowest BCUT2D eigenvalue weighted by atomic mass is 9.83. The predicted octanol–water partition coefficient (Wildman–Crippen LogP) is 0.231. The number of nitrogens with zero attached hydrogens (tertiary/aromatic N) is 1. The minimum atomic E-state index is -2.38. The van der Waals surface area contributed by atoms with Gasteiger partial charge >= 0.3 is 7.12 Å². The Morgan fingerprint density at radius 3 is 2.00 bits per heavy atom. The maximum absolute atomic E-state index is 12.9. The fraction of sp³-hybridized carbons (Fsp3) is 0.800. The molecule has 0 amide bonds. The van der Waals surface area contributed by atoms with Gasteiger partial charge in [0.25, 0.3) is 0 Å². The zero-order valence-electron chi connectivity index (χ0n) is 6.85. The van der Waals surface area contributed by atoms with E-state index in [2.05, 4.69) is 4.74 Å². The maximum atomic E-state index is 12.9. The molecule has 3 nitrogen and oxygen atoms in total. The van der Waals surface area contributed by atoms with Crippen molar-refractivity contribution in [3.8, 4) is 0 Å². The summed E-state index contributed by atoms with van der Waals surface area (Å²) in [5, 5.41) is 0. The van der Waals surface area contributed by atoms with Gasteiger partial charge in [-0.25, -0.2) is 0 Å². The van der Waals surface area contributed by atoms with Gasteiger partial charge < -0.3 is 13.4 Å². The van der Waals surface area contributed by atoms with Gasteiger partial charge in [-0.15, -0.1) is 0 Å². The lowest BCUT2D eigenvalue weighted by Crippen LogP contribution is -2.51. The molecular formula is C5H13BFNO2. The second-order valence-electron chi connectivity index (χ2n) is 3.28. The minimum Gasteiger partial charge on any atom is -0.494 e. The third kappa shape index (κ3) is 2.35. The van der Waals surface area contributed by atoms with Crippen molar-refractivity contribution in [1.29, 1.82) is 0 Å². The van der Waals surface area contributed by atoms with Crippen molar-refractivity contribution in [3.63, 3.8) is 0 Å². The van der Waals surface area contributed by atoms with Gasteiger partial charge in [0.1, 0.15) is 0 Å². The molecule has 0 rings (SSSR count). The second-order valence-corrected chi connectivity index (χ2v) is 3.28. The third-order valence-corrected chi connectivity index (χ3v) is 1.30. The molecule has 0 saturated carbocycles. The van der Waals surface area contributed by atoms with E-state index in [1.165, 1.54) is 7.11 Å². The molecule has 0 heterocycles. The number of hydrogen-bond acceptors (Lipinski definition) is 2. The van der Waals surface area contributed by atoms with Gasteiger partial charge in [0.15, 0.2) is 0 Å². The van der Waals surface area contributed by atoms with Gasteiger partial charge in [0.2, 0.25) is 5.87 Å². The van der Waals surface area contributed by atoms with Crippen molar-refractivity contribution in [2.45, 2.75) is 0 Å². The van der Waals surface area contributed by atoms with Crippen molar-refractivity contribution in [2.75, 3.05) is 28.3 Å². The van der Waals surface area contributed by atoms with Gasteiger partial charge in [-0.1, -0.05) is 0 Å². The number of hydrogen-bond donors (Lipinski definition) is 0. The Morgan fingerprint density at radius 1 is 1.50 bits per heavy atom. The van der Waals surface area contributed by atoms with Crippen LogP contribution in [0.2, 0.25) is 0 Å². The lowest BCUT2D eigenvalue weighted by Gasteiger charge is -2.35. The number of quaternary nitrogens is 1. The highest BCUT2D eigenvalue weighted by Gasteiger charge is 2.26. The van der Waals surface area contributed by atoms with E-state index < -0.39 is 13.0 Å². The topological polar surface area (TPSA) is 26.3 Å². The first kappa shape index (κ1) is 9.42. The van der Waals surface area contributed by atoms with Crippen LogP contribution in [0, 0.1) is 0 Å². The Morgan fingerprint density at radius 2 is 1.90 bits per heavy atom. The first-order chi connectivity index (χ1) is 4.39. The summed E-state index contributed by atoms with van der Waals surface area (Å²) in [5.74, 6) is -0.743. The summed E-state index contributed by atoms with van der Waals surface area (Å²) in [7, 11) is 3.68. The van der Waals surface area contributed by atoms with Crippen LogP contribution >= 0.6 is 0 Å². The Bertz CT molecular complexity index is 134. The van der Waals surface area contributed by atoms with Crippen molar-refractivity contribution in [2.24, 2.45) is 0 Å². The van der Waals surface area contributed by atoms with Crippen molar-refractivity contribution in [1.82, 2.24) is 0 Å². The Hall–Kier alpha value is -0.575. The Labute approximate surface area is 60.5 Å². The van der Waals surface area contributed by atoms with Gasteiger partial charge in [0.05, 0.1) is 7.11 Å². The molecule has 0 radical (unpaired) electrons. The smallest absolute Gasteiger partial charge is 0.459 e. The molecule has 0 aromatic carbocycles. The number of carbonyl (C=O) groups excluding carboxylic acids is 1. The monoisotopic (exact) mass is 149 g/mol. The molecule has 0 aliphatic rings. The summed E-state index contributed by atoms with van der Waals surface area (Å²) >= 11 is 0. The molecule has 10 heavy (non-hydrogen) atoms. The highest BCUT2D eigenvalue weighted by Crippen LogP contribution is 2.01. The molecule has 0 N–H and O–H groups in total. The fourth-order valence-electron chi connectivity index (χ4n) is 0.506. The van der Waals surface area contributed by atoms with E-state index in [4.69, 9.17) is 0 Å². The largest absolute Gasteiger partial charge is 0.494 e. The van der Waals surface area contributed by atoms with Crippen molar-refractivity contribution >= 4 is 13.0 Å². The summed E-state index contributed by atoms with van der Waals surface area (Å²) in [4.78, 5) is 10.6. The van der Waals surface area contributed by atoms with Crippen LogP contribution in [0.15, 0.2) is 0 Å². The highest BCUT2D eigenvalue weighted by atomic mass is 19.1. The first-order valence-corrected chi connectivity index (χ1v) is 3.10. The zero-order valence-corrected chi connectivity index (χ0v) is 6.85. The van der Waals surface area contributed by atoms with Crippen LogP contribution in [0.4, 0.5) is 9.11 Å². The molecule has 0 fully saturated rings. The van der Waals surface area contributed by atoms with E-state index in [0.717, 1.165) is 0 Å². The number of methoxy groups -OCH3 is 1. The molecule has 60 valence electrons. The van der Waals surface area contributed by atoms with E-state index in [-0.39, 0.29) is 4.39 Å². The number of carbonyl (C=O) groups is 1. The molecule has 0 aromatic rings. The van der Waals surface area contributed by atoms with E-state index in [1.807, 2.05) is 0 Å². The summed E-state index contributed by atoms with van der Waals surface area (Å²) < 4.78 is 17.2. The Balaban J connectivity index is 4.08. The van der Waals surface area contributed by atoms with Gasteiger partial charge in [-0.2, -0.15) is 0 Å². The highest BCUT2D eigenvalue weighted by molar-refractivity contribution is 6.77. The molecular weight excluding hydrogens is 136 g/mol. The summed E-state index contributed by atoms with van der Waals surface area (Å²) in [6.45, 7) is 0. The summed E-state index contributed by atoms with van der Waals surface area (Å²) in [6.07, 6.45) is 0. The minimum absolute atomic E-state index is 0.0205. The molecule has 0 bridgehead atoms.